The fraction of sp³-hybridized carbons (Fsp3) is 0.231. The van der Waals surface area contributed by atoms with E-state index in [0.29, 0.717) is 28.6 Å². The van der Waals surface area contributed by atoms with Crippen LogP contribution in [0.25, 0.3) is 11.1 Å². The normalized spacial score (nSPS) is 15.3. The molecule has 7 nitrogen and oxygen atoms in total. The Balaban J connectivity index is 1.55. The fourth-order valence-corrected chi connectivity index (χ4v) is 4.05. The fourth-order valence-electron chi connectivity index (χ4n) is 4.05. The second-order valence-electron chi connectivity index (χ2n) is 7.69. The van der Waals surface area contributed by atoms with Crippen LogP contribution in [0.2, 0.25) is 0 Å². The van der Waals surface area contributed by atoms with Crippen LogP contribution in [0.15, 0.2) is 66.7 Å². The van der Waals surface area contributed by atoms with Gasteiger partial charge in [-0.05, 0) is 11.6 Å². The highest BCUT2D eigenvalue weighted by atomic mass is 16.5. The van der Waals surface area contributed by atoms with Gasteiger partial charge in [0.05, 0.1) is 32.9 Å². The van der Waals surface area contributed by atoms with Gasteiger partial charge in [0.15, 0.2) is 11.5 Å². The van der Waals surface area contributed by atoms with Gasteiger partial charge >= 0.3 is 0 Å². The predicted octanol–water partition coefficient (Wildman–Crippen LogP) is 4.37. The summed E-state index contributed by atoms with van der Waals surface area (Å²) in [6, 6.07) is 20.9. The van der Waals surface area contributed by atoms with Crippen LogP contribution < -0.4 is 24.4 Å². The van der Waals surface area contributed by atoms with E-state index in [1.54, 1.807) is 17.0 Å². The SMILES string of the molecule is COc1cc(N2CC(C(=O)Nc3ccccc3-c3ccccc3)CC2=O)cc(OC)c1OC. The van der Waals surface area contributed by atoms with E-state index in [1.165, 1.54) is 21.3 Å². The summed E-state index contributed by atoms with van der Waals surface area (Å²) in [7, 11) is 4.56. The van der Waals surface area contributed by atoms with Gasteiger partial charge in [0.2, 0.25) is 17.6 Å². The minimum absolute atomic E-state index is 0.121. The number of para-hydroxylation sites is 1. The minimum atomic E-state index is -0.486. The first kappa shape index (κ1) is 22.2. The first-order valence-electron chi connectivity index (χ1n) is 10.6. The van der Waals surface area contributed by atoms with E-state index in [0.717, 1.165) is 11.1 Å². The van der Waals surface area contributed by atoms with Crippen molar-refractivity contribution in [2.24, 2.45) is 5.92 Å². The molecule has 1 aliphatic heterocycles. The Morgan fingerprint density at radius 2 is 1.55 bits per heavy atom. The maximum Gasteiger partial charge on any atom is 0.229 e. The molecule has 33 heavy (non-hydrogen) atoms. The van der Waals surface area contributed by atoms with Gasteiger partial charge in [-0.2, -0.15) is 0 Å². The maximum absolute atomic E-state index is 13.1. The second kappa shape index (κ2) is 9.65. The third-order valence-corrected chi connectivity index (χ3v) is 5.73. The summed E-state index contributed by atoms with van der Waals surface area (Å²) in [4.78, 5) is 27.5. The van der Waals surface area contributed by atoms with Gasteiger partial charge in [-0.1, -0.05) is 48.5 Å². The number of nitrogens with one attached hydrogen (secondary N) is 1. The topological polar surface area (TPSA) is 77.1 Å². The number of carbonyl (C=O) groups is 2. The van der Waals surface area contributed by atoms with E-state index in [-0.39, 0.29) is 24.8 Å². The van der Waals surface area contributed by atoms with Crippen LogP contribution in [-0.4, -0.2) is 39.7 Å². The van der Waals surface area contributed by atoms with E-state index >= 15 is 0 Å². The summed E-state index contributed by atoms with van der Waals surface area (Å²) in [6.45, 7) is 0.261. The zero-order chi connectivity index (χ0) is 23.4. The van der Waals surface area contributed by atoms with Crippen LogP contribution in [0.4, 0.5) is 11.4 Å². The van der Waals surface area contributed by atoms with Crippen molar-refractivity contribution >= 4 is 23.2 Å². The van der Waals surface area contributed by atoms with Crippen LogP contribution in [-0.2, 0) is 9.59 Å². The summed E-state index contributed by atoms with van der Waals surface area (Å²) in [5.74, 6) is 0.527. The molecule has 170 valence electrons. The van der Waals surface area contributed by atoms with E-state index in [1.807, 2.05) is 54.6 Å². The number of anilines is 2. The number of hydrogen-bond donors (Lipinski definition) is 1. The maximum atomic E-state index is 13.1. The van der Waals surface area contributed by atoms with E-state index in [4.69, 9.17) is 14.2 Å². The molecule has 1 fully saturated rings. The molecule has 0 radical (unpaired) electrons. The van der Waals surface area contributed by atoms with Crippen molar-refractivity contribution in [3.05, 3.63) is 66.7 Å². The van der Waals surface area contributed by atoms with Crippen molar-refractivity contribution < 1.29 is 23.8 Å². The summed E-state index contributed by atoms with van der Waals surface area (Å²) < 4.78 is 16.2. The lowest BCUT2D eigenvalue weighted by Gasteiger charge is -2.20. The molecular weight excluding hydrogens is 420 g/mol. The number of amides is 2. The lowest BCUT2D eigenvalue weighted by molar-refractivity contribution is -0.122. The standard InChI is InChI=1S/C26H26N2O5/c1-31-22-14-19(15-23(32-2)25(22)33-3)28-16-18(13-24(28)29)26(30)27-21-12-8-7-11-20(21)17-9-5-4-6-10-17/h4-12,14-15,18H,13,16H2,1-3H3,(H,27,30). The molecule has 3 aromatic carbocycles. The van der Waals surface area contributed by atoms with Gasteiger partial charge < -0.3 is 24.4 Å². The molecule has 1 saturated heterocycles. The summed E-state index contributed by atoms with van der Waals surface area (Å²) in [5.41, 5.74) is 3.24. The van der Waals surface area contributed by atoms with Gasteiger partial charge in [0.1, 0.15) is 0 Å². The van der Waals surface area contributed by atoms with Gasteiger partial charge in [-0.25, -0.2) is 0 Å². The quantitative estimate of drug-likeness (QED) is 0.583. The number of nitrogens with zero attached hydrogens (tertiary/aromatic N) is 1. The van der Waals surface area contributed by atoms with Crippen LogP contribution in [0, 0.1) is 5.92 Å². The van der Waals surface area contributed by atoms with Crippen molar-refractivity contribution in [1.29, 1.82) is 0 Å². The van der Waals surface area contributed by atoms with Gasteiger partial charge in [0, 0.05) is 36.3 Å². The van der Waals surface area contributed by atoms with Crippen molar-refractivity contribution in [3.63, 3.8) is 0 Å². The average molecular weight is 447 g/mol. The molecule has 0 aliphatic carbocycles. The Labute approximate surface area is 192 Å². The minimum Gasteiger partial charge on any atom is -0.493 e. The highest BCUT2D eigenvalue weighted by Gasteiger charge is 2.36. The average Bonchev–Trinajstić information content (AvgIpc) is 3.25. The van der Waals surface area contributed by atoms with Crippen LogP contribution in [0.5, 0.6) is 17.2 Å². The lowest BCUT2D eigenvalue weighted by Crippen LogP contribution is -2.28. The Bertz CT molecular complexity index is 1140. The first-order chi connectivity index (χ1) is 16.0. The van der Waals surface area contributed by atoms with E-state index < -0.39 is 5.92 Å². The molecule has 1 unspecified atom stereocenters. The van der Waals surface area contributed by atoms with E-state index in [2.05, 4.69) is 5.32 Å². The zero-order valence-electron chi connectivity index (χ0n) is 18.8. The molecule has 1 aliphatic rings. The highest BCUT2D eigenvalue weighted by Crippen LogP contribution is 2.42. The van der Waals surface area contributed by atoms with Gasteiger partial charge in [-0.15, -0.1) is 0 Å². The summed E-state index contributed by atoms with van der Waals surface area (Å²) >= 11 is 0. The molecule has 0 aromatic heterocycles. The molecule has 1 atom stereocenters. The molecule has 2 amide bonds. The third-order valence-electron chi connectivity index (χ3n) is 5.73. The largest absolute Gasteiger partial charge is 0.493 e. The number of benzene rings is 3. The number of ether oxygens (including phenoxy) is 3. The zero-order valence-corrected chi connectivity index (χ0v) is 18.8. The van der Waals surface area contributed by atoms with Gasteiger partial charge in [-0.3, -0.25) is 9.59 Å². The predicted molar refractivity (Wildman–Crippen MR) is 127 cm³/mol. The van der Waals surface area contributed by atoms with Crippen LogP contribution >= 0.6 is 0 Å². The molecule has 0 bridgehead atoms. The first-order valence-corrected chi connectivity index (χ1v) is 10.6. The van der Waals surface area contributed by atoms with Crippen molar-refractivity contribution in [2.75, 3.05) is 38.1 Å². The molecular formula is C26H26N2O5. The smallest absolute Gasteiger partial charge is 0.229 e. The molecule has 3 aromatic rings. The number of hydrogen-bond acceptors (Lipinski definition) is 5. The van der Waals surface area contributed by atoms with Crippen molar-refractivity contribution in [2.45, 2.75) is 6.42 Å². The molecule has 0 spiro atoms. The third kappa shape index (κ3) is 4.48. The molecule has 4 rings (SSSR count). The monoisotopic (exact) mass is 446 g/mol. The Kier molecular flexibility index (Phi) is 6.49. The summed E-state index contributed by atoms with van der Waals surface area (Å²) in [6.07, 6.45) is 0.121. The van der Waals surface area contributed by atoms with Crippen molar-refractivity contribution in [3.8, 4) is 28.4 Å². The molecule has 7 heteroatoms. The Morgan fingerprint density at radius 1 is 0.909 bits per heavy atom. The second-order valence-corrected chi connectivity index (χ2v) is 7.69. The molecule has 1 N–H and O–H groups in total. The van der Waals surface area contributed by atoms with Crippen molar-refractivity contribution in [1.82, 2.24) is 0 Å². The van der Waals surface area contributed by atoms with Crippen LogP contribution in [0.3, 0.4) is 0 Å². The Hall–Kier alpha value is -4.00. The molecule has 1 heterocycles. The lowest BCUT2D eigenvalue weighted by atomic mass is 10.0. The van der Waals surface area contributed by atoms with Crippen LogP contribution in [0.1, 0.15) is 6.42 Å². The highest BCUT2D eigenvalue weighted by molar-refractivity contribution is 6.05. The number of methoxy groups -OCH3 is 3. The number of carbonyl (C=O) groups excluding carboxylic acids is 2. The van der Waals surface area contributed by atoms with Gasteiger partial charge in [0.25, 0.3) is 0 Å². The Morgan fingerprint density at radius 3 is 2.18 bits per heavy atom. The number of rotatable bonds is 7. The molecule has 0 saturated carbocycles. The van der Waals surface area contributed by atoms with E-state index in [9.17, 15) is 9.59 Å². The summed E-state index contributed by atoms with van der Waals surface area (Å²) in [5, 5.41) is 3.02.